The van der Waals surface area contributed by atoms with E-state index in [0.29, 0.717) is 18.3 Å². The third-order valence-electron chi connectivity index (χ3n) is 3.28. The second-order valence-electron chi connectivity index (χ2n) is 5.18. The normalized spacial score (nSPS) is 12.5. The molecule has 7 nitrogen and oxygen atoms in total. The van der Waals surface area contributed by atoms with Crippen LogP contribution in [-0.4, -0.2) is 21.0 Å². The van der Waals surface area contributed by atoms with Gasteiger partial charge in [-0.2, -0.15) is 18.2 Å². The zero-order valence-electron chi connectivity index (χ0n) is 13.4. The van der Waals surface area contributed by atoms with Gasteiger partial charge in [-0.25, -0.2) is 4.98 Å². The van der Waals surface area contributed by atoms with Gasteiger partial charge >= 0.3 is 6.18 Å². The second kappa shape index (κ2) is 7.32. The molecule has 0 saturated heterocycles. The molecule has 2 aromatic rings. The van der Waals surface area contributed by atoms with Crippen LogP contribution in [0.1, 0.15) is 25.8 Å². The van der Waals surface area contributed by atoms with Crippen molar-refractivity contribution in [2.24, 2.45) is 0 Å². The fraction of sp³-hybridized carbons (Fsp3) is 0.333. The molecule has 0 aliphatic heterocycles. The standard InChI is InChI=1S/C15H15F3N4O3/c1-3-9(2)25-13-12(15(16,17)18)8-19-14(21-13)20-10-4-6-11(7-5-10)22(23)24/h4-9H,3H2,1-2H3,(H,19,20,21). The lowest BCUT2D eigenvalue weighted by Gasteiger charge is -2.17. The fourth-order valence-electron chi connectivity index (χ4n) is 1.78. The number of hydrogen-bond donors (Lipinski definition) is 1. The van der Waals surface area contributed by atoms with Crippen molar-refractivity contribution < 1.29 is 22.8 Å². The average molecular weight is 356 g/mol. The maximum Gasteiger partial charge on any atom is 0.423 e. The number of halogens is 3. The van der Waals surface area contributed by atoms with Crippen molar-refractivity contribution in [2.45, 2.75) is 32.5 Å². The van der Waals surface area contributed by atoms with Gasteiger partial charge in [0.1, 0.15) is 5.56 Å². The first-order valence-corrected chi connectivity index (χ1v) is 7.33. The minimum absolute atomic E-state index is 0.111. The number of hydrogen-bond acceptors (Lipinski definition) is 6. The summed E-state index contributed by atoms with van der Waals surface area (Å²) in [5.41, 5.74) is -0.790. The van der Waals surface area contributed by atoms with E-state index in [1.807, 2.05) is 0 Å². The van der Waals surface area contributed by atoms with Crippen LogP contribution >= 0.6 is 0 Å². The zero-order chi connectivity index (χ0) is 18.6. The van der Waals surface area contributed by atoms with Crippen molar-refractivity contribution in [1.29, 1.82) is 0 Å². The Bertz CT molecular complexity index is 751. The van der Waals surface area contributed by atoms with E-state index in [4.69, 9.17) is 4.74 Å². The Kier molecular flexibility index (Phi) is 5.40. The molecule has 1 aromatic carbocycles. The minimum atomic E-state index is -4.64. The molecule has 0 fully saturated rings. The summed E-state index contributed by atoms with van der Waals surface area (Å²) in [6.07, 6.45) is -3.96. The highest BCUT2D eigenvalue weighted by atomic mass is 19.4. The van der Waals surface area contributed by atoms with Gasteiger partial charge in [-0.1, -0.05) is 6.92 Å². The van der Waals surface area contributed by atoms with Gasteiger partial charge in [-0.05, 0) is 25.5 Å². The molecular weight excluding hydrogens is 341 g/mol. The molecule has 0 bridgehead atoms. The number of ether oxygens (including phenoxy) is 1. The maximum absolute atomic E-state index is 13.0. The van der Waals surface area contributed by atoms with E-state index < -0.39 is 28.6 Å². The SMILES string of the molecule is CCC(C)Oc1nc(Nc2ccc([N+](=O)[O-])cc2)ncc1C(F)(F)F. The van der Waals surface area contributed by atoms with Crippen LogP contribution in [0.15, 0.2) is 30.5 Å². The van der Waals surface area contributed by atoms with Crippen LogP contribution in [0.2, 0.25) is 0 Å². The van der Waals surface area contributed by atoms with E-state index in [0.717, 1.165) is 0 Å². The molecule has 1 atom stereocenters. The number of alkyl halides is 3. The van der Waals surface area contributed by atoms with Crippen molar-refractivity contribution in [1.82, 2.24) is 9.97 Å². The second-order valence-corrected chi connectivity index (χ2v) is 5.18. The quantitative estimate of drug-likeness (QED) is 0.612. The molecule has 1 heterocycles. The van der Waals surface area contributed by atoms with E-state index in [2.05, 4.69) is 15.3 Å². The Morgan fingerprint density at radius 3 is 2.48 bits per heavy atom. The molecule has 1 N–H and O–H groups in total. The lowest BCUT2D eigenvalue weighted by atomic mass is 10.3. The van der Waals surface area contributed by atoms with Crippen molar-refractivity contribution in [3.05, 3.63) is 46.1 Å². The van der Waals surface area contributed by atoms with Crippen LogP contribution in [0, 0.1) is 10.1 Å². The summed E-state index contributed by atoms with van der Waals surface area (Å²) in [7, 11) is 0. The van der Waals surface area contributed by atoms with E-state index in [1.165, 1.54) is 24.3 Å². The highest BCUT2D eigenvalue weighted by Gasteiger charge is 2.36. The molecule has 0 amide bonds. The highest BCUT2D eigenvalue weighted by molar-refractivity contribution is 5.56. The Balaban J connectivity index is 2.29. The minimum Gasteiger partial charge on any atom is -0.474 e. The van der Waals surface area contributed by atoms with Gasteiger partial charge < -0.3 is 10.1 Å². The van der Waals surface area contributed by atoms with Crippen molar-refractivity contribution in [3.63, 3.8) is 0 Å². The predicted molar refractivity (Wildman–Crippen MR) is 83.8 cm³/mol. The first kappa shape index (κ1) is 18.4. The van der Waals surface area contributed by atoms with Crippen LogP contribution in [0.25, 0.3) is 0 Å². The largest absolute Gasteiger partial charge is 0.474 e. The van der Waals surface area contributed by atoms with Gasteiger partial charge in [0.05, 0.1) is 11.0 Å². The molecule has 0 aliphatic rings. The number of rotatable bonds is 6. The summed E-state index contributed by atoms with van der Waals surface area (Å²) in [6.45, 7) is 3.40. The summed E-state index contributed by atoms with van der Waals surface area (Å²) < 4.78 is 44.4. The number of nitro groups is 1. The van der Waals surface area contributed by atoms with Crippen LogP contribution in [0.3, 0.4) is 0 Å². The summed E-state index contributed by atoms with van der Waals surface area (Å²) >= 11 is 0. The van der Waals surface area contributed by atoms with Gasteiger partial charge in [-0.3, -0.25) is 10.1 Å². The van der Waals surface area contributed by atoms with Gasteiger partial charge in [0.15, 0.2) is 0 Å². The topological polar surface area (TPSA) is 90.2 Å². The average Bonchev–Trinajstić information content (AvgIpc) is 2.54. The molecule has 2 rings (SSSR count). The summed E-state index contributed by atoms with van der Waals surface area (Å²) in [5.74, 6) is -0.679. The molecule has 10 heteroatoms. The van der Waals surface area contributed by atoms with Gasteiger partial charge in [0, 0.05) is 24.0 Å². The number of non-ortho nitro benzene ring substituents is 1. The number of aromatic nitrogens is 2. The molecule has 0 spiro atoms. The maximum atomic E-state index is 13.0. The lowest BCUT2D eigenvalue weighted by Crippen LogP contribution is -2.17. The highest BCUT2D eigenvalue weighted by Crippen LogP contribution is 2.35. The molecule has 1 unspecified atom stereocenters. The monoisotopic (exact) mass is 356 g/mol. The smallest absolute Gasteiger partial charge is 0.423 e. The molecule has 0 aliphatic carbocycles. The fourth-order valence-corrected chi connectivity index (χ4v) is 1.78. The summed E-state index contributed by atoms with van der Waals surface area (Å²) in [5, 5.41) is 13.3. The van der Waals surface area contributed by atoms with E-state index in [-0.39, 0.29) is 11.6 Å². The third kappa shape index (κ3) is 4.78. The van der Waals surface area contributed by atoms with Crippen molar-refractivity contribution in [2.75, 3.05) is 5.32 Å². The predicted octanol–water partition coefficient (Wildman–Crippen LogP) is 4.32. The van der Waals surface area contributed by atoms with Crippen LogP contribution in [-0.2, 0) is 6.18 Å². The first-order valence-electron chi connectivity index (χ1n) is 7.33. The molecule has 134 valence electrons. The Hall–Kier alpha value is -2.91. The Morgan fingerprint density at radius 1 is 1.32 bits per heavy atom. The van der Waals surface area contributed by atoms with Crippen LogP contribution in [0.5, 0.6) is 5.88 Å². The Labute approximate surface area is 141 Å². The lowest BCUT2D eigenvalue weighted by molar-refractivity contribution is -0.384. The van der Waals surface area contributed by atoms with Gasteiger partial charge in [-0.15, -0.1) is 0 Å². The van der Waals surface area contributed by atoms with Crippen molar-refractivity contribution >= 4 is 17.3 Å². The van der Waals surface area contributed by atoms with Gasteiger partial charge in [0.25, 0.3) is 5.69 Å². The summed E-state index contributed by atoms with van der Waals surface area (Å²) in [4.78, 5) is 17.5. The molecule has 1 aromatic heterocycles. The molecule has 25 heavy (non-hydrogen) atoms. The summed E-state index contributed by atoms with van der Waals surface area (Å²) in [6, 6.07) is 5.30. The van der Waals surface area contributed by atoms with E-state index in [1.54, 1.807) is 13.8 Å². The van der Waals surface area contributed by atoms with Crippen molar-refractivity contribution in [3.8, 4) is 5.88 Å². The molecule has 0 radical (unpaired) electrons. The number of anilines is 2. The third-order valence-corrected chi connectivity index (χ3v) is 3.28. The molecule has 0 saturated carbocycles. The van der Waals surface area contributed by atoms with E-state index >= 15 is 0 Å². The number of nitrogens with zero attached hydrogens (tertiary/aromatic N) is 3. The van der Waals surface area contributed by atoms with Crippen LogP contribution < -0.4 is 10.1 Å². The number of benzene rings is 1. The number of nitro benzene ring substituents is 1. The zero-order valence-corrected chi connectivity index (χ0v) is 13.4. The van der Waals surface area contributed by atoms with E-state index in [9.17, 15) is 23.3 Å². The number of nitrogens with one attached hydrogen (secondary N) is 1. The van der Waals surface area contributed by atoms with Crippen LogP contribution in [0.4, 0.5) is 30.5 Å². The first-order chi connectivity index (χ1) is 11.7. The van der Waals surface area contributed by atoms with Gasteiger partial charge in [0.2, 0.25) is 11.8 Å². The Morgan fingerprint density at radius 2 is 1.96 bits per heavy atom. The molecular formula is C15H15F3N4O3.